The molecule has 1 heterocycles. The molecular weight excluding hydrogens is 397 g/mol. The zero-order valence-electron chi connectivity index (χ0n) is 15.5. The number of carbonyl (C=O) groups excluding carboxylic acids is 1. The van der Waals surface area contributed by atoms with Crippen LogP contribution in [0.1, 0.15) is 0 Å². The quantitative estimate of drug-likeness (QED) is 0.444. The Morgan fingerprint density at radius 1 is 1.03 bits per heavy atom. The molecule has 2 aromatic rings. The molecule has 0 aliphatic carbocycles. The van der Waals surface area contributed by atoms with Crippen LogP contribution in [0.15, 0.2) is 24.3 Å². The summed E-state index contributed by atoms with van der Waals surface area (Å²) in [5.74, 6) is -10.7. The monoisotopic (exact) mass is 416 g/mol. The van der Waals surface area contributed by atoms with Crippen LogP contribution in [-0.4, -0.2) is 45.7 Å². The lowest BCUT2D eigenvalue weighted by Crippen LogP contribution is -3.15. The van der Waals surface area contributed by atoms with Gasteiger partial charge in [-0.05, 0) is 12.1 Å². The second-order valence-corrected chi connectivity index (χ2v) is 6.61. The minimum Gasteiger partial charge on any atom is -0.497 e. The third-order valence-electron chi connectivity index (χ3n) is 4.77. The average molecular weight is 416 g/mol. The number of amides is 1. The minimum absolute atomic E-state index is 0.161. The Balaban J connectivity index is 1.59. The lowest BCUT2D eigenvalue weighted by Gasteiger charge is -2.33. The van der Waals surface area contributed by atoms with Gasteiger partial charge in [0.1, 0.15) is 11.4 Å². The van der Waals surface area contributed by atoms with E-state index in [2.05, 4.69) is 4.90 Å². The first-order valence-electron chi connectivity index (χ1n) is 8.85. The lowest BCUT2D eigenvalue weighted by atomic mass is 10.2. The highest BCUT2D eigenvalue weighted by Gasteiger charge is 2.28. The number of anilines is 2. The van der Waals surface area contributed by atoms with Crippen molar-refractivity contribution in [3.8, 4) is 5.75 Å². The molecule has 0 unspecified atom stereocenters. The summed E-state index contributed by atoms with van der Waals surface area (Å²) in [6.07, 6.45) is 0. The van der Waals surface area contributed by atoms with Crippen LogP contribution in [0, 0.1) is 29.1 Å². The summed E-state index contributed by atoms with van der Waals surface area (Å²) in [5, 5.41) is 1.81. The Bertz CT molecular complexity index is 888. The van der Waals surface area contributed by atoms with Gasteiger partial charge in [0.25, 0.3) is 5.91 Å². The number of benzene rings is 2. The van der Waals surface area contributed by atoms with E-state index < -0.39 is 40.7 Å². The number of hydrogen-bond donors (Lipinski definition) is 2. The Labute approximate surface area is 163 Å². The van der Waals surface area contributed by atoms with Crippen molar-refractivity contribution in [2.24, 2.45) is 0 Å². The highest BCUT2D eigenvalue weighted by Crippen LogP contribution is 2.27. The predicted octanol–water partition coefficient (Wildman–Crippen LogP) is 1.73. The number of halogens is 5. The van der Waals surface area contributed by atoms with E-state index in [1.54, 1.807) is 12.4 Å². The molecule has 1 amide bonds. The van der Waals surface area contributed by atoms with Gasteiger partial charge in [0.15, 0.2) is 29.8 Å². The first-order valence-corrected chi connectivity index (χ1v) is 8.85. The van der Waals surface area contributed by atoms with E-state index in [4.69, 9.17) is 4.74 Å². The van der Waals surface area contributed by atoms with Crippen molar-refractivity contribution in [1.82, 2.24) is 0 Å². The van der Waals surface area contributed by atoms with Gasteiger partial charge < -0.3 is 19.9 Å². The molecule has 1 saturated heterocycles. The van der Waals surface area contributed by atoms with E-state index in [9.17, 15) is 26.7 Å². The fraction of sp³-hybridized carbons (Fsp3) is 0.316. The van der Waals surface area contributed by atoms with Gasteiger partial charge in [-0.1, -0.05) is 6.07 Å². The Hall–Kier alpha value is -2.88. The molecule has 0 spiro atoms. The number of rotatable bonds is 5. The van der Waals surface area contributed by atoms with Crippen molar-refractivity contribution in [3.63, 3.8) is 0 Å². The van der Waals surface area contributed by atoms with Crippen molar-refractivity contribution in [1.29, 1.82) is 0 Å². The van der Waals surface area contributed by atoms with E-state index in [1.807, 2.05) is 24.3 Å². The smallest absolute Gasteiger partial charge is 0.279 e. The van der Waals surface area contributed by atoms with Crippen molar-refractivity contribution in [2.75, 3.05) is 50.1 Å². The van der Waals surface area contributed by atoms with Gasteiger partial charge in [0, 0.05) is 11.8 Å². The summed E-state index contributed by atoms with van der Waals surface area (Å²) < 4.78 is 72.1. The molecule has 0 saturated carbocycles. The summed E-state index contributed by atoms with van der Waals surface area (Å²) in [6.45, 7) is 2.20. The third-order valence-corrected chi connectivity index (χ3v) is 4.77. The number of nitrogens with zero attached hydrogens (tertiary/aromatic N) is 1. The van der Waals surface area contributed by atoms with E-state index in [1.165, 1.54) is 0 Å². The van der Waals surface area contributed by atoms with Crippen LogP contribution in [0.4, 0.5) is 33.3 Å². The first kappa shape index (κ1) is 20.8. The zero-order valence-corrected chi connectivity index (χ0v) is 15.5. The zero-order chi connectivity index (χ0) is 21.1. The van der Waals surface area contributed by atoms with Gasteiger partial charge in [-0.3, -0.25) is 4.79 Å². The summed E-state index contributed by atoms with van der Waals surface area (Å²) in [6, 6.07) is 7.52. The molecule has 0 radical (unpaired) electrons. The molecule has 0 atom stereocenters. The number of hydrogen-bond acceptors (Lipinski definition) is 3. The number of piperazine rings is 1. The predicted molar refractivity (Wildman–Crippen MR) is 95.6 cm³/mol. The fourth-order valence-corrected chi connectivity index (χ4v) is 3.19. The second kappa shape index (κ2) is 8.64. The topological polar surface area (TPSA) is 46.0 Å². The lowest BCUT2D eigenvalue weighted by molar-refractivity contribution is -0.892. The normalized spacial score (nSPS) is 14.8. The Kier molecular flexibility index (Phi) is 6.21. The number of methoxy groups -OCH3 is 1. The molecule has 2 aromatic carbocycles. The maximum absolute atomic E-state index is 13.7. The van der Waals surface area contributed by atoms with Crippen LogP contribution < -0.4 is 19.9 Å². The van der Waals surface area contributed by atoms with Gasteiger partial charge in [0.05, 0.1) is 33.3 Å². The van der Waals surface area contributed by atoms with Crippen LogP contribution in [0.5, 0.6) is 5.75 Å². The van der Waals surface area contributed by atoms with Gasteiger partial charge in [-0.2, -0.15) is 0 Å². The SMILES string of the molecule is COc1cccc(N2CC[NH+](CC(=O)Nc3c(F)c(F)c(F)c(F)c3F)CC2)c1. The molecule has 1 aliphatic rings. The van der Waals surface area contributed by atoms with Crippen molar-refractivity contribution in [2.45, 2.75) is 0 Å². The molecule has 1 fully saturated rings. The van der Waals surface area contributed by atoms with Crippen LogP contribution in [0.2, 0.25) is 0 Å². The van der Waals surface area contributed by atoms with Crippen LogP contribution in [-0.2, 0) is 4.79 Å². The number of ether oxygens (including phenoxy) is 1. The molecule has 5 nitrogen and oxygen atoms in total. The van der Waals surface area contributed by atoms with E-state index in [-0.39, 0.29) is 6.54 Å². The van der Waals surface area contributed by atoms with Gasteiger partial charge in [-0.15, -0.1) is 0 Å². The number of quaternary nitrogens is 1. The minimum atomic E-state index is -2.27. The van der Waals surface area contributed by atoms with Gasteiger partial charge >= 0.3 is 0 Å². The molecule has 1 aliphatic heterocycles. The molecule has 10 heteroatoms. The van der Waals surface area contributed by atoms with Crippen molar-refractivity contribution >= 4 is 17.3 Å². The summed E-state index contributed by atoms with van der Waals surface area (Å²) in [4.78, 5) is 15.0. The Morgan fingerprint density at radius 3 is 2.21 bits per heavy atom. The molecule has 0 aromatic heterocycles. The van der Waals surface area contributed by atoms with Crippen LogP contribution in [0.25, 0.3) is 0 Å². The molecular formula is C19H19F5N3O2+. The summed E-state index contributed by atoms with van der Waals surface area (Å²) in [7, 11) is 1.57. The molecule has 0 bridgehead atoms. The first-order chi connectivity index (χ1) is 13.8. The van der Waals surface area contributed by atoms with Gasteiger partial charge in [-0.25, -0.2) is 22.0 Å². The van der Waals surface area contributed by atoms with E-state index >= 15 is 0 Å². The second-order valence-electron chi connectivity index (χ2n) is 6.61. The fourth-order valence-electron chi connectivity index (χ4n) is 3.19. The average Bonchev–Trinajstić information content (AvgIpc) is 2.74. The number of carbonyl (C=O) groups is 1. The molecule has 29 heavy (non-hydrogen) atoms. The van der Waals surface area contributed by atoms with Crippen LogP contribution >= 0.6 is 0 Å². The largest absolute Gasteiger partial charge is 0.497 e. The highest BCUT2D eigenvalue weighted by atomic mass is 19.2. The molecule has 3 rings (SSSR count). The number of nitrogens with one attached hydrogen (secondary N) is 2. The highest BCUT2D eigenvalue weighted by molar-refractivity contribution is 5.91. The summed E-state index contributed by atoms with van der Waals surface area (Å²) >= 11 is 0. The standard InChI is InChI=1S/C19H18F5N3O2/c1-29-12-4-2-3-11(9-12)27-7-5-26(6-8-27)10-13(28)25-19-17(23)15(21)14(20)16(22)18(19)24/h2-4,9H,5-8,10H2,1H3,(H,25,28)/p+1. The van der Waals surface area contributed by atoms with Crippen molar-refractivity contribution in [3.05, 3.63) is 53.4 Å². The van der Waals surface area contributed by atoms with Gasteiger partial charge in [0.2, 0.25) is 5.82 Å². The Morgan fingerprint density at radius 2 is 1.62 bits per heavy atom. The maximum Gasteiger partial charge on any atom is 0.279 e. The van der Waals surface area contributed by atoms with Crippen molar-refractivity contribution < 1.29 is 36.4 Å². The molecule has 156 valence electrons. The third kappa shape index (κ3) is 4.42. The molecule has 2 N–H and O–H groups in total. The van der Waals surface area contributed by atoms with E-state index in [0.29, 0.717) is 26.2 Å². The van der Waals surface area contributed by atoms with E-state index in [0.717, 1.165) is 16.3 Å². The van der Waals surface area contributed by atoms with Crippen LogP contribution in [0.3, 0.4) is 0 Å². The summed E-state index contributed by atoms with van der Waals surface area (Å²) in [5.41, 5.74) is -0.366. The maximum atomic E-state index is 13.7.